The highest BCUT2D eigenvalue weighted by Gasteiger charge is 2.71. The number of hydrogen-bond acceptors (Lipinski definition) is 3. The average Bonchev–Trinajstić information content (AvgIpc) is 2.33. The van der Waals surface area contributed by atoms with E-state index in [0.29, 0.717) is 12.1 Å². The molecule has 122 valence electrons. The van der Waals surface area contributed by atoms with Gasteiger partial charge in [-0.3, -0.25) is 0 Å². The van der Waals surface area contributed by atoms with Crippen molar-refractivity contribution in [1.29, 1.82) is 5.26 Å². The van der Waals surface area contributed by atoms with Crippen LogP contribution in [0.5, 0.6) is 5.75 Å². The summed E-state index contributed by atoms with van der Waals surface area (Å²) < 4.78 is 81.8. The van der Waals surface area contributed by atoms with Gasteiger partial charge in [0.15, 0.2) is 6.61 Å². The van der Waals surface area contributed by atoms with E-state index in [4.69, 9.17) is 10.00 Å². The van der Waals surface area contributed by atoms with Crippen molar-refractivity contribution in [1.82, 2.24) is 0 Å². The number of aliphatic hydroxyl groups is 1. The third-order valence-electron chi connectivity index (χ3n) is 2.98. The molecule has 0 fully saturated rings. The molecule has 0 atom stereocenters. The van der Waals surface area contributed by atoms with Gasteiger partial charge in [-0.1, -0.05) is 0 Å². The number of nitrogens with zero attached hydrogens (tertiary/aromatic N) is 1. The lowest BCUT2D eigenvalue weighted by atomic mass is 9.89. The smallest absolute Gasteiger partial charge is 0.430 e. The normalized spacial score (nSPS) is 12.9. The molecule has 3 nitrogen and oxygen atoms in total. The number of aryl methyl sites for hydroxylation is 2. The van der Waals surface area contributed by atoms with Crippen LogP contribution < -0.4 is 4.74 Å². The number of nitriles is 1. The standard InChI is InChI=1S/C13H11F6NO2/c1-7-5-9(6-8(2)10(7)22-4-3-20)11(21,12(14,15)16)13(17,18)19/h5-6,21H,4H2,1-2H3. The summed E-state index contributed by atoms with van der Waals surface area (Å²) >= 11 is 0. The van der Waals surface area contributed by atoms with Crippen LogP contribution in [-0.4, -0.2) is 24.1 Å². The summed E-state index contributed by atoms with van der Waals surface area (Å²) in [5.41, 5.74) is -6.45. The van der Waals surface area contributed by atoms with Gasteiger partial charge in [0.1, 0.15) is 11.8 Å². The molecule has 9 heteroatoms. The molecule has 1 N–H and O–H groups in total. The molecule has 0 bridgehead atoms. The Balaban J connectivity index is 3.52. The molecule has 0 saturated heterocycles. The molecule has 0 aliphatic carbocycles. The van der Waals surface area contributed by atoms with Crippen molar-refractivity contribution in [2.24, 2.45) is 0 Å². The molecular weight excluding hydrogens is 316 g/mol. The van der Waals surface area contributed by atoms with E-state index >= 15 is 0 Å². The number of hydrogen-bond donors (Lipinski definition) is 1. The highest BCUT2D eigenvalue weighted by molar-refractivity contribution is 5.46. The molecule has 0 saturated carbocycles. The van der Waals surface area contributed by atoms with Gasteiger partial charge in [-0.15, -0.1) is 0 Å². The lowest BCUT2D eigenvalue weighted by molar-refractivity contribution is -0.376. The summed E-state index contributed by atoms with van der Waals surface area (Å²) in [4.78, 5) is 0. The molecule has 1 rings (SSSR count). The average molecular weight is 327 g/mol. The highest BCUT2D eigenvalue weighted by Crippen LogP contribution is 2.50. The largest absolute Gasteiger partial charge is 0.478 e. The molecule has 0 heterocycles. The summed E-state index contributed by atoms with van der Waals surface area (Å²) in [5.74, 6) is -0.00278. The van der Waals surface area contributed by atoms with E-state index in [1.807, 2.05) is 0 Å². The van der Waals surface area contributed by atoms with E-state index in [2.05, 4.69) is 0 Å². The third-order valence-corrected chi connectivity index (χ3v) is 2.98. The number of rotatable bonds is 3. The number of alkyl halides is 6. The van der Waals surface area contributed by atoms with Gasteiger partial charge in [-0.2, -0.15) is 31.6 Å². The highest BCUT2D eigenvalue weighted by atomic mass is 19.4. The van der Waals surface area contributed by atoms with Gasteiger partial charge in [0.25, 0.3) is 5.60 Å². The number of ether oxygens (including phenoxy) is 1. The van der Waals surface area contributed by atoms with Crippen LogP contribution in [-0.2, 0) is 5.60 Å². The van der Waals surface area contributed by atoms with Crippen LogP contribution in [0.25, 0.3) is 0 Å². The number of benzene rings is 1. The van der Waals surface area contributed by atoms with Gasteiger partial charge in [0.2, 0.25) is 0 Å². The minimum absolute atomic E-state index is 0.00278. The summed E-state index contributed by atoms with van der Waals surface area (Å²) in [6.45, 7) is 2.02. The fraction of sp³-hybridized carbons (Fsp3) is 0.462. The summed E-state index contributed by atoms with van der Waals surface area (Å²) in [7, 11) is 0. The molecule has 1 aromatic rings. The second-order valence-electron chi connectivity index (χ2n) is 4.59. The zero-order valence-corrected chi connectivity index (χ0v) is 11.4. The van der Waals surface area contributed by atoms with Crippen molar-refractivity contribution in [2.75, 3.05) is 6.61 Å². The maximum Gasteiger partial charge on any atom is 0.430 e. The fourth-order valence-electron chi connectivity index (χ4n) is 1.98. The van der Waals surface area contributed by atoms with Gasteiger partial charge < -0.3 is 9.84 Å². The number of halogens is 6. The monoisotopic (exact) mass is 327 g/mol. The van der Waals surface area contributed by atoms with E-state index in [-0.39, 0.29) is 16.9 Å². The van der Waals surface area contributed by atoms with Crippen molar-refractivity contribution in [3.8, 4) is 11.8 Å². The van der Waals surface area contributed by atoms with E-state index in [1.54, 1.807) is 6.07 Å². The van der Waals surface area contributed by atoms with Crippen molar-refractivity contribution in [3.63, 3.8) is 0 Å². The summed E-state index contributed by atoms with van der Waals surface area (Å²) in [6.07, 6.45) is -11.9. The molecule has 0 aliphatic rings. The first kappa shape index (κ1) is 18.1. The third kappa shape index (κ3) is 2.97. The van der Waals surface area contributed by atoms with E-state index in [0.717, 1.165) is 0 Å². The first-order valence-electron chi connectivity index (χ1n) is 5.83. The van der Waals surface area contributed by atoms with Crippen LogP contribution >= 0.6 is 0 Å². The Morgan fingerprint density at radius 1 is 1.05 bits per heavy atom. The Morgan fingerprint density at radius 3 is 1.77 bits per heavy atom. The Hall–Kier alpha value is -1.95. The maximum absolute atomic E-state index is 12.8. The maximum atomic E-state index is 12.8. The topological polar surface area (TPSA) is 53.2 Å². The first-order valence-corrected chi connectivity index (χ1v) is 5.83. The zero-order valence-electron chi connectivity index (χ0n) is 11.4. The van der Waals surface area contributed by atoms with Crippen molar-refractivity contribution in [3.05, 3.63) is 28.8 Å². The molecule has 0 unspecified atom stereocenters. The van der Waals surface area contributed by atoms with Gasteiger partial charge in [-0.25, -0.2) is 0 Å². The molecule has 0 radical (unpaired) electrons. The Labute approximate surface area is 121 Å². The Bertz CT molecular complexity index is 563. The summed E-state index contributed by atoms with van der Waals surface area (Å²) in [5, 5.41) is 17.7. The van der Waals surface area contributed by atoms with E-state index < -0.39 is 30.1 Å². The molecule has 1 aromatic carbocycles. The van der Waals surface area contributed by atoms with E-state index in [1.165, 1.54) is 13.8 Å². The van der Waals surface area contributed by atoms with Crippen LogP contribution in [0.4, 0.5) is 26.3 Å². The van der Waals surface area contributed by atoms with Gasteiger partial charge in [0, 0.05) is 5.56 Å². The SMILES string of the molecule is Cc1cc(C(O)(C(F)(F)F)C(F)(F)F)cc(C)c1OCC#N. The molecule has 0 spiro atoms. The molecule has 0 aliphatic heterocycles. The quantitative estimate of drug-likeness (QED) is 0.864. The molecule has 0 aromatic heterocycles. The van der Waals surface area contributed by atoms with Crippen molar-refractivity contribution < 1.29 is 36.2 Å². The second kappa shape index (κ2) is 5.68. The minimum atomic E-state index is -5.95. The Kier molecular flexibility index (Phi) is 4.67. The molecular formula is C13H11F6NO2. The molecule has 22 heavy (non-hydrogen) atoms. The predicted octanol–water partition coefficient (Wildman–Crippen LogP) is 3.52. The van der Waals surface area contributed by atoms with Gasteiger partial charge in [-0.05, 0) is 37.1 Å². The van der Waals surface area contributed by atoms with Gasteiger partial charge in [0.05, 0.1) is 0 Å². The van der Waals surface area contributed by atoms with Crippen molar-refractivity contribution >= 4 is 0 Å². The lowest BCUT2D eigenvalue weighted by Gasteiger charge is -2.33. The Morgan fingerprint density at radius 2 is 1.45 bits per heavy atom. The molecule has 0 amide bonds. The van der Waals surface area contributed by atoms with E-state index in [9.17, 15) is 31.4 Å². The summed E-state index contributed by atoms with van der Waals surface area (Å²) in [6, 6.07) is 2.72. The lowest BCUT2D eigenvalue weighted by Crippen LogP contribution is -2.54. The van der Waals surface area contributed by atoms with Gasteiger partial charge >= 0.3 is 12.4 Å². The van der Waals surface area contributed by atoms with Crippen LogP contribution in [0.2, 0.25) is 0 Å². The zero-order chi connectivity index (χ0) is 17.3. The fourth-order valence-corrected chi connectivity index (χ4v) is 1.98. The van der Waals surface area contributed by atoms with Crippen LogP contribution in [0.3, 0.4) is 0 Å². The minimum Gasteiger partial charge on any atom is -0.478 e. The predicted molar refractivity (Wildman–Crippen MR) is 63.0 cm³/mol. The van der Waals surface area contributed by atoms with Crippen molar-refractivity contribution in [2.45, 2.75) is 31.8 Å². The second-order valence-corrected chi connectivity index (χ2v) is 4.59. The van der Waals surface area contributed by atoms with Crippen LogP contribution in [0.1, 0.15) is 16.7 Å². The van der Waals surface area contributed by atoms with Crippen LogP contribution in [0, 0.1) is 25.2 Å². The van der Waals surface area contributed by atoms with Crippen LogP contribution in [0.15, 0.2) is 12.1 Å². The first-order chi connectivity index (χ1) is 9.86.